The van der Waals surface area contributed by atoms with Gasteiger partial charge >= 0.3 is 18.1 Å². The van der Waals surface area contributed by atoms with Crippen molar-refractivity contribution < 1.29 is 32.5 Å². The third kappa shape index (κ3) is 6.06. The topological polar surface area (TPSA) is 110 Å². The van der Waals surface area contributed by atoms with Gasteiger partial charge in [-0.05, 0) is 24.6 Å². The summed E-state index contributed by atoms with van der Waals surface area (Å²) in [7, 11) is 1.45. The number of ether oxygens (including phenoxy) is 3. The monoisotopic (exact) mass is 534 g/mol. The normalized spacial score (nSPS) is 11.7. The van der Waals surface area contributed by atoms with Crippen LogP contribution in [-0.4, -0.2) is 50.0 Å². The maximum atomic E-state index is 13.5. The summed E-state index contributed by atoms with van der Waals surface area (Å²) in [6.07, 6.45) is -4.89. The van der Waals surface area contributed by atoms with E-state index in [1.165, 1.54) is 28.3 Å². The van der Waals surface area contributed by atoms with Crippen LogP contribution in [0.15, 0.2) is 58.1 Å². The van der Waals surface area contributed by atoms with E-state index in [0.717, 1.165) is 27.8 Å². The zero-order chi connectivity index (χ0) is 27.4. The molecule has 4 rings (SSSR count). The molecule has 0 aliphatic heterocycles. The van der Waals surface area contributed by atoms with E-state index in [-0.39, 0.29) is 55.8 Å². The number of aromatic nitrogens is 4. The molecule has 0 saturated carbocycles. The van der Waals surface area contributed by atoms with Crippen LogP contribution in [0.2, 0.25) is 0 Å². The van der Waals surface area contributed by atoms with Gasteiger partial charge in [-0.15, -0.1) is 13.2 Å². The van der Waals surface area contributed by atoms with Crippen molar-refractivity contribution >= 4 is 11.2 Å². The minimum absolute atomic E-state index is 0.0165. The highest BCUT2D eigenvalue weighted by molar-refractivity contribution is 5.72. The Hall–Kier alpha value is -4.10. The Balaban J connectivity index is 1.83. The van der Waals surface area contributed by atoms with E-state index in [4.69, 9.17) is 14.6 Å². The van der Waals surface area contributed by atoms with Gasteiger partial charge < -0.3 is 19.3 Å². The number of aliphatic hydroxyl groups is 1. The van der Waals surface area contributed by atoms with Crippen LogP contribution in [0, 0.1) is 6.92 Å². The lowest BCUT2D eigenvalue weighted by molar-refractivity contribution is -0.274. The van der Waals surface area contributed by atoms with Gasteiger partial charge in [0.05, 0.1) is 32.9 Å². The Kier molecular flexibility index (Phi) is 7.88. The molecule has 0 fully saturated rings. The predicted molar refractivity (Wildman–Crippen MR) is 131 cm³/mol. The summed E-state index contributed by atoms with van der Waals surface area (Å²) in [4.78, 5) is 30.8. The van der Waals surface area contributed by atoms with Gasteiger partial charge in [0, 0.05) is 13.1 Å². The van der Waals surface area contributed by atoms with Crippen LogP contribution in [-0.2, 0) is 24.9 Å². The molecule has 0 radical (unpaired) electrons. The number of aryl methyl sites for hydroxylation is 2. The minimum Gasteiger partial charge on any atom is -0.425 e. The van der Waals surface area contributed by atoms with Crippen molar-refractivity contribution in [2.75, 3.05) is 19.8 Å². The molecule has 2 aromatic heterocycles. The number of imidazole rings is 1. The van der Waals surface area contributed by atoms with E-state index in [0.29, 0.717) is 0 Å². The van der Waals surface area contributed by atoms with Gasteiger partial charge in [-0.1, -0.05) is 35.9 Å². The second kappa shape index (κ2) is 11.1. The summed E-state index contributed by atoms with van der Waals surface area (Å²) in [6.45, 7) is 1.83. The molecule has 0 aliphatic rings. The smallest absolute Gasteiger partial charge is 0.425 e. The third-order valence-corrected chi connectivity index (χ3v) is 5.56. The van der Waals surface area contributed by atoms with Crippen molar-refractivity contribution in [3.05, 3.63) is 80.5 Å². The second-order valence-electron chi connectivity index (χ2n) is 8.40. The lowest BCUT2D eigenvalue weighted by Crippen LogP contribution is -2.40. The highest BCUT2D eigenvalue weighted by Gasteiger charge is 2.31. The SMILES string of the molecule is Cc1cccc(Cn2c(Oc3cccc(OC(F)(F)F)c3)nc3c2c(=O)n(CCOCCO)c(=O)n3C)c1. The molecule has 0 bridgehead atoms. The number of fused-ring (bicyclic) bond motifs is 1. The van der Waals surface area contributed by atoms with E-state index in [9.17, 15) is 22.8 Å². The number of nitrogens with zero attached hydrogens (tertiary/aromatic N) is 4. The minimum atomic E-state index is -4.89. The fourth-order valence-electron chi connectivity index (χ4n) is 3.93. The predicted octanol–water partition coefficient (Wildman–Crippen LogP) is 2.95. The number of benzene rings is 2. The van der Waals surface area contributed by atoms with Crippen LogP contribution in [0.3, 0.4) is 0 Å². The average molecular weight is 534 g/mol. The first-order valence-corrected chi connectivity index (χ1v) is 11.6. The summed E-state index contributed by atoms with van der Waals surface area (Å²) in [5, 5.41) is 8.90. The van der Waals surface area contributed by atoms with E-state index >= 15 is 0 Å². The number of halogens is 3. The molecule has 0 amide bonds. The molecular weight excluding hydrogens is 509 g/mol. The zero-order valence-corrected chi connectivity index (χ0v) is 20.6. The molecule has 38 heavy (non-hydrogen) atoms. The average Bonchev–Trinajstić information content (AvgIpc) is 3.19. The molecule has 0 aliphatic carbocycles. The Bertz CT molecular complexity index is 1560. The first-order chi connectivity index (χ1) is 18.1. The maximum absolute atomic E-state index is 13.5. The van der Waals surface area contributed by atoms with Crippen LogP contribution < -0.4 is 20.7 Å². The summed E-state index contributed by atoms with van der Waals surface area (Å²) in [5.74, 6) is -0.510. The molecule has 13 heteroatoms. The summed E-state index contributed by atoms with van der Waals surface area (Å²) >= 11 is 0. The number of aliphatic hydroxyl groups excluding tert-OH is 1. The zero-order valence-electron chi connectivity index (χ0n) is 20.6. The lowest BCUT2D eigenvalue weighted by atomic mass is 10.1. The van der Waals surface area contributed by atoms with Crippen molar-refractivity contribution in [1.29, 1.82) is 0 Å². The van der Waals surface area contributed by atoms with Gasteiger partial charge in [0.2, 0.25) is 0 Å². The standard InChI is InChI=1S/C25H25F3N4O6/c1-16-5-3-6-17(13-16)15-32-20-21(30(2)24(35)31(22(20)34)9-11-36-12-10-33)29-23(32)37-18-7-4-8-19(14-18)38-25(26,27)28/h3-8,13-14,33H,9-12,15H2,1-2H3. The van der Waals surface area contributed by atoms with Gasteiger partial charge in [0.25, 0.3) is 5.56 Å². The molecule has 10 nitrogen and oxygen atoms in total. The second-order valence-corrected chi connectivity index (χ2v) is 8.40. The van der Waals surface area contributed by atoms with Crippen LogP contribution in [0.4, 0.5) is 13.2 Å². The van der Waals surface area contributed by atoms with Crippen LogP contribution >= 0.6 is 0 Å². The Morgan fingerprint density at radius 2 is 1.74 bits per heavy atom. The van der Waals surface area contributed by atoms with Gasteiger partial charge in [-0.2, -0.15) is 4.98 Å². The quantitative estimate of drug-likeness (QED) is 0.312. The Morgan fingerprint density at radius 1 is 1.00 bits per heavy atom. The number of alkyl halides is 3. The number of rotatable bonds is 10. The third-order valence-electron chi connectivity index (χ3n) is 5.56. The molecule has 2 heterocycles. The summed E-state index contributed by atoms with van der Waals surface area (Å²) in [6, 6.07) is 12.3. The molecule has 0 atom stereocenters. The van der Waals surface area contributed by atoms with Crippen molar-refractivity contribution in [1.82, 2.24) is 18.7 Å². The molecule has 4 aromatic rings. The summed E-state index contributed by atoms with van der Waals surface area (Å²) in [5.41, 5.74) is 0.597. The maximum Gasteiger partial charge on any atom is 0.573 e. The molecular formula is C25H25F3N4O6. The lowest BCUT2D eigenvalue weighted by Gasteiger charge is -2.13. The largest absolute Gasteiger partial charge is 0.573 e. The van der Waals surface area contributed by atoms with Crippen LogP contribution in [0.25, 0.3) is 11.2 Å². The van der Waals surface area contributed by atoms with Crippen molar-refractivity contribution in [2.45, 2.75) is 26.4 Å². The first-order valence-electron chi connectivity index (χ1n) is 11.6. The molecule has 0 saturated heterocycles. The van der Waals surface area contributed by atoms with Gasteiger partial charge in [0.15, 0.2) is 11.2 Å². The van der Waals surface area contributed by atoms with Gasteiger partial charge in [0.1, 0.15) is 11.5 Å². The Morgan fingerprint density at radius 3 is 2.45 bits per heavy atom. The van der Waals surface area contributed by atoms with Gasteiger partial charge in [-0.25, -0.2) is 4.79 Å². The van der Waals surface area contributed by atoms with E-state index in [2.05, 4.69) is 9.72 Å². The van der Waals surface area contributed by atoms with Crippen molar-refractivity contribution in [3.63, 3.8) is 0 Å². The molecule has 0 unspecified atom stereocenters. The molecule has 0 spiro atoms. The highest BCUT2D eigenvalue weighted by Crippen LogP contribution is 2.30. The van der Waals surface area contributed by atoms with Crippen molar-refractivity contribution in [3.8, 4) is 17.5 Å². The molecule has 202 valence electrons. The van der Waals surface area contributed by atoms with Crippen molar-refractivity contribution in [2.24, 2.45) is 7.05 Å². The van der Waals surface area contributed by atoms with E-state index in [1.54, 1.807) is 0 Å². The fraction of sp³-hybridized carbons (Fsp3) is 0.320. The van der Waals surface area contributed by atoms with Crippen LogP contribution in [0.5, 0.6) is 17.5 Å². The number of hydrogen-bond donors (Lipinski definition) is 1. The van der Waals surface area contributed by atoms with E-state index in [1.807, 2.05) is 31.2 Å². The first kappa shape index (κ1) is 26.9. The molecule has 2 aromatic carbocycles. The number of hydrogen-bond acceptors (Lipinski definition) is 7. The Labute approximate surface area is 214 Å². The summed E-state index contributed by atoms with van der Waals surface area (Å²) < 4.78 is 56.8. The van der Waals surface area contributed by atoms with E-state index < -0.39 is 23.4 Å². The van der Waals surface area contributed by atoms with Gasteiger partial charge in [-0.3, -0.25) is 18.5 Å². The molecule has 1 N–H and O–H groups in total. The van der Waals surface area contributed by atoms with Crippen LogP contribution in [0.1, 0.15) is 11.1 Å². The highest BCUT2D eigenvalue weighted by atomic mass is 19.4. The fourth-order valence-corrected chi connectivity index (χ4v) is 3.93.